The van der Waals surface area contributed by atoms with Crippen LogP contribution in [0.5, 0.6) is 0 Å². The zero-order valence-electron chi connectivity index (χ0n) is 14.8. The molecule has 1 atom stereocenters. The maximum Gasteiger partial charge on any atom is 0.141 e. The molecule has 3 rings (SSSR count). The highest BCUT2D eigenvalue weighted by Gasteiger charge is 2.30. The van der Waals surface area contributed by atoms with Crippen LogP contribution in [-0.2, 0) is 11.2 Å². The van der Waals surface area contributed by atoms with Gasteiger partial charge in [0.15, 0.2) is 0 Å². The lowest BCUT2D eigenvalue weighted by Gasteiger charge is -2.43. The second-order valence-corrected chi connectivity index (χ2v) is 7.67. The molecule has 1 aromatic carbocycles. The Morgan fingerprint density at radius 2 is 1.96 bits per heavy atom. The maximum atomic E-state index is 13.8. The Balaban J connectivity index is 1.70. The summed E-state index contributed by atoms with van der Waals surface area (Å²) in [5.74, 6) is -0.421. The second kappa shape index (κ2) is 6.79. The summed E-state index contributed by atoms with van der Waals surface area (Å²) < 4.78 is 19.8. The van der Waals surface area contributed by atoms with Gasteiger partial charge in [0, 0.05) is 38.3 Å². The van der Waals surface area contributed by atoms with Crippen molar-refractivity contribution in [2.45, 2.75) is 38.8 Å². The average molecular weight is 331 g/mol. The van der Waals surface area contributed by atoms with Gasteiger partial charge in [-0.15, -0.1) is 0 Å². The smallest absolute Gasteiger partial charge is 0.141 e. The molecular weight excluding hydrogens is 305 g/mol. The molecule has 0 radical (unpaired) electrons. The van der Waals surface area contributed by atoms with E-state index >= 15 is 0 Å². The molecule has 0 aliphatic carbocycles. The van der Waals surface area contributed by atoms with Gasteiger partial charge in [-0.25, -0.2) is 4.39 Å². The molecule has 2 heterocycles. The summed E-state index contributed by atoms with van der Waals surface area (Å²) in [5, 5.41) is 9.24. The normalized spacial score (nSPS) is 22.9. The molecule has 0 spiro atoms. The molecule has 1 aromatic rings. The summed E-state index contributed by atoms with van der Waals surface area (Å²) in [6.07, 6.45) is 0.548. The first-order valence-corrected chi connectivity index (χ1v) is 8.70. The third-order valence-corrected chi connectivity index (χ3v) is 5.17. The molecule has 5 heteroatoms. The predicted molar refractivity (Wildman–Crippen MR) is 91.3 cm³/mol. The van der Waals surface area contributed by atoms with Gasteiger partial charge in [-0.05, 0) is 44.4 Å². The van der Waals surface area contributed by atoms with Gasteiger partial charge in [0.05, 0.1) is 18.3 Å². The van der Waals surface area contributed by atoms with Gasteiger partial charge in [0.25, 0.3) is 0 Å². The summed E-state index contributed by atoms with van der Waals surface area (Å²) in [4.78, 5) is 4.92. The zero-order chi connectivity index (χ0) is 17.3. The fourth-order valence-corrected chi connectivity index (χ4v) is 3.71. The highest BCUT2D eigenvalue weighted by atomic mass is 19.1. The van der Waals surface area contributed by atoms with Crippen LogP contribution in [0.3, 0.4) is 0 Å². The number of nitriles is 1. The highest BCUT2D eigenvalue weighted by Crippen LogP contribution is 2.31. The zero-order valence-corrected chi connectivity index (χ0v) is 14.8. The van der Waals surface area contributed by atoms with Crippen LogP contribution >= 0.6 is 0 Å². The summed E-state index contributed by atoms with van der Waals surface area (Å²) in [5.41, 5.74) is 2.22. The van der Waals surface area contributed by atoms with Crippen molar-refractivity contribution in [3.05, 3.63) is 34.6 Å². The van der Waals surface area contributed by atoms with E-state index < -0.39 is 5.82 Å². The second-order valence-electron chi connectivity index (χ2n) is 7.67. The Kier molecular flexibility index (Phi) is 4.91. The molecule has 1 unspecified atom stereocenters. The van der Waals surface area contributed by atoms with Crippen molar-refractivity contribution in [3.8, 4) is 6.07 Å². The van der Waals surface area contributed by atoms with Crippen molar-refractivity contribution >= 4 is 0 Å². The third kappa shape index (κ3) is 3.46. The van der Waals surface area contributed by atoms with Gasteiger partial charge >= 0.3 is 0 Å². The Morgan fingerprint density at radius 1 is 1.25 bits per heavy atom. The van der Waals surface area contributed by atoms with Crippen LogP contribution in [0.15, 0.2) is 12.1 Å². The van der Waals surface area contributed by atoms with E-state index in [1.807, 2.05) is 6.07 Å². The number of hydrogen-bond acceptors (Lipinski definition) is 4. The van der Waals surface area contributed by atoms with Crippen LogP contribution < -0.4 is 0 Å². The van der Waals surface area contributed by atoms with Crippen molar-refractivity contribution in [1.82, 2.24) is 9.80 Å². The third-order valence-electron chi connectivity index (χ3n) is 5.17. The van der Waals surface area contributed by atoms with Crippen molar-refractivity contribution in [2.75, 3.05) is 39.3 Å². The largest absolute Gasteiger partial charge is 0.372 e. The molecule has 24 heavy (non-hydrogen) atoms. The number of halogens is 1. The fourth-order valence-electron chi connectivity index (χ4n) is 3.71. The number of fused-ring (bicyclic) bond motifs is 1. The van der Waals surface area contributed by atoms with E-state index in [-0.39, 0.29) is 17.2 Å². The van der Waals surface area contributed by atoms with Crippen molar-refractivity contribution in [1.29, 1.82) is 5.26 Å². The van der Waals surface area contributed by atoms with Crippen molar-refractivity contribution < 1.29 is 9.13 Å². The van der Waals surface area contributed by atoms with E-state index in [9.17, 15) is 9.65 Å². The Morgan fingerprint density at radius 3 is 2.58 bits per heavy atom. The first-order valence-electron chi connectivity index (χ1n) is 8.70. The summed E-state index contributed by atoms with van der Waals surface area (Å²) in [7, 11) is 0. The lowest BCUT2D eigenvalue weighted by Crippen LogP contribution is -2.54. The number of nitrogens with zero attached hydrogens (tertiary/aromatic N) is 3. The van der Waals surface area contributed by atoms with Crippen molar-refractivity contribution in [3.63, 3.8) is 0 Å². The minimum Gasteiger partial charge on any atom is -0.372 e. The average Bonchev–Trinajstić information content (AvgIpc) is 2.54. The summed E-state index contributed by atoms with van der Waals surface area (Å²) in [6.45, 7) is 12.2. The van der Waals surface area contributed by atoms with E-state index in [1.54, 1.807) is 6.07 Å². The fraction of sp³-hybridized carbons (Fsp3) is 0.632. The Hall–Kier alpha value is -1.48. The molecule has 1 fully saturated rings. The number of hydrogen-bond donors (Lipinski definition) is 0. The maximum absolute atomic E-state index is 13.8. The standard InChI is InChI=1S/C19H26FN3O/c1-19(2,3)23-9-7-22(8-10-23)13-18-15-4-5-17(20)16(12-21)14(15)6-11-24-18/h4-5,18H,6-11,13H2,1-3H3. The van der Waals surface area contributed by atoms with E-state index in [4.69, 9.17) is 4.74 Å². The number of piperazine rings is 1. The van der Waals surface area contributed by atoms with Gasteiger partial charge in [-0.2, -0.15) is 5.26 Å². The molecule has 0 bridgehead atoms. The molecule has 4 nitrogen and oxygen atoms in total. The van der Waals surface area contributed by atoms with E-state index in [0.717, 1.165) is 43.9 Å². The molecule has 0 aromatic heterocycles. The first-order chi connectivity index (χ1) is 11.4. The quantitative estimate of drug-likeness (QED) is 0.835. The molecule has 1 saturated heterocycles. The molecule has 0 N–H and O–H groups in total. The lowest BCUT2D eigenvalue weighted by atomic mass is 9.92. The van der Waals surface area contributed by atoms with Crippen LogP contribution in [0.2, 0.25) is 0 Å². The Bertz CT molecular complexity index is 639. The first kappa shape index (κ1) is 17.3. The van der Waals surface area contributed by atoms with Crippen molar-refractivity contribution in [2.24, 2.45) is 0 Å². The highest BCUT2D eigenvalue weighted by molar-refractivity contribution is 5.46. The van der Waals surface area contributed by atoms with Crippen LogP contribution in [0, 0.1) is 17.1 Å². The molecule has 130 valence electrons. The number of ether oxygens (including phenoxy) is 1. The SMILES string of the molecule is CC(C)(C)N1CCN(CC2OCCc3c2ccc(F)c3C#N)CC1. The molecule has 0 saturated carbocycles. The molecule has 2 aliphatic heterocycles. The molecule has 2 aliphatic rings. The lowest BCUT2D eigenvalue weighted by molar-refractivity contribution is -0.00591. The van der Waals surface area contributed by atoms with E-state index in [1.165, 1.54) is 6.07 Å². The summed E-state index contributed by atoms with van der Waals surface area (Å²) >= 11 is 0. The van der Waals surface area contributed by atoms with E-state index in [0.29, 0.717) is 13.0 Å². The number of rotatable bonds is 2. The van der Waals surface area contributed by atoms with Crippen LogP contribution in [0.4, 0.5) is 4.39 Å². The monoisotopic (exact) mass is 331 g/mol. The van der Waals surface area contributed by atoms with Gasteiger partial charge in [-0.3, -0.25) is 9.80 Å². The van der Waals surface area contributed by atoms with Gasteiger partial charge in [-0.1, -0.05) is 6.07 Å². The summed E-state index contributed by atoms with van der Waals surface area (Å²) in [6, 6.07) is 5.21. The van der Waals surface area contributed by atoms with Gasteiger partial charge in [0.2, 0.25) is 0 Å². The van der Waals surface area contributed by atoms with Crippen LogP contribution in [-0.4, -0.2) is 54.7 Å². The van der Waals surface area contributed by atoms with Gasteiger partial charge < -0.3 is 4.74 Å². The predicted octanol–water partition coefficient (Wildman–Crippen LogP) is 2.73. The Labute approximate surface area is 143 Å². The van der Waals surface area contributed by atoms with E-state index in [2.05, 4.69) is 30.6 Å². The minimum atomic E-state index is -0.421. The molecule has 0 amide bonds. The molecular formula is C19H26FN3O. The number of benzene rings is 1. The van der Waals surface area contributed by atoms with Gasteiger partial charge in [0.1, 0.15) is 11.9 Å². The van der Waals surface area contributed by atoms with Crippen LogP contribution in [0.25, 0.3) is 0 Å². The minimum absolute atomic E-state index is 0.0670. The topological polar surface area (TPSA) is 39.5 Å². The van der Waals surface area contributed by atoms with Crippen LogP contribution in [0.1, 0.15) is 43.6 Å².